The lowest BCUT2D eigenvalue weighted by atomic mass is 9.99. The molecule has 2 N–H and O–H groups in total. The fourth-order valence-corrected chi connectivity index (χ4v) is 2.92. The number of Topliss-reactive ketones (excluding diaryl/α,β-unsaturated/α-hetero) is 1. The average Bonchev–Trinajstić information content (AvgIpc) is 2.46. The van der Waals surface area contributed by atoms with E-state index in [2.05, 4.69) is 5.32 Å². The van der Waals surface area contributed by atoms with Crippen molar-refractivity contribution >= 4 is 29.4 Å². The van der Waals surface area contributed by atoms with Crippen molar-refractivity contribution < 1.29 is 19.5 Å². The minimum absolute atomic E-state index is 0.146. The molecule has 1 aromatic carbocycles. The smallest absolute Gasteiger partial charge is 0.307 e. The minimum Gasteiger partial charge on any atom is -0.481 e. The number of aliphatic carboxylic acids is 1. The van der Waals surface area contributed by atoms with Gasteiger partial charge in [0.15, 0.2) is 5.78 Å². The van der Waals surface area contributed by atoms with Crippen LogP contribution in [0.25, 0.3) is 0 Å². The van der Waals surface area contributed by atoms with E-state index in [0.29, 0.717) is 17.9 Å². The third-order valence-corrected chi connectivity index (χ3v) is 4.36. The molecular weight excluding hydrogens is 290 g/mol. The Bertz CT molecular complexity index is 504. The number of thioether (sulfide) groups is 1. The van der Waals surface area contributed by atoms with Crippen molar-refractivity contribution in [2.45, 2.75) is 19.1 Å². The molecule has 2 unspecified atom stereocenters. The summed E-state index contributed by atoms with van der Waals surface area (Å²) in [5, 5.41) is 11.1. The first-order valence-electron chi connectivity index (χ1n) is 6.61. The van der Waals surface area contributed by atoms with E-state index in [1.54, 1.807) is 30.3 Å². The average molecular weight is 309 g/mol. The summed E-state index contributed by atoms with van der Waals surface area (Å²) in [5.74, 6) is -1.65. The summed E-state index contributed by atoms with van der Waals surface area (Å²) >= 11 is 1.26. The molecule has 0 aliphatic carbocycles. The molecular formula is C15H19NO4S. The molecule has 0 saturated heterocycles. The van der Waals surface area contributed by atoms with Crippen molar-refractivity contribution in [3.05, 3.63) is 35.9 Å². The summed E-state index contributed by atoms with van der Waals surface area (Å²) in [6.07, 6.45) is 0. The monoisotopic (exact) mass is 309 g/mol. The molecule has 0 spiro atoms. The van der Waals surface area contributed by atoms with Gasteiger partial charge in [0.2, 0.25) is 5.91 Å². The lowest BCUT2D eigenvalue weighted by Gasteiger charge is -2.19. The highest BCUT2D eigenvalue weighted by molar-refractivity contribution is 8.00. The number of carbonyl (C=O) groups is 3. The van der Waals surface area contributed by atoms with Gasteiger partial charge >= 0.3 is 5.97 Å². The lowest BCUT2D eigenvalue weighted by Crippen LogP contribution is -2.32. The second-order valence-electron chi connectivity index (χ2n) is 4.63. The fraction of sp³-hybridized carbons (Fsp3) is 0.400. The Morgan fingerprint density at radius 1 is 1.24 bits per heavy atom. The van der Waals surface area contributed by atoms with Crippen molar-refractivity contribution in [2.75, 3.05) is 12.3 Å². The summed E-state index contributed by atoms with van der Waals surface area (Å²) in [6.45, 7) is 3.35. The molecule has 0 bridgehead atoms. The molecule has 2 atom stereocenters. The number of carboxylic acids is 1. The van der Waals surface area contributed by atoms with E-state index in [1.165, 1.54) is 25.6 Å². The van der Waals surface area contributed by atoms with Crippen molar-refractivity contribution in [1.82, 2.24) is 5.32 Å². The number of hydrogen-bond acceptors (Lipinski definition) is 4. The first kappa shape index (κ1) is 17.2. The van der Waals surface area contributed by atoms with E-state index in [4.69, 9.17) is 5.11 Å². The van der Waals surface area contributed by atoms with Crippen LogP contribution in [-0.4, -0.2) is 40.3 Å². The van der Waals surface area contributed by atoms with Crippen LogP contribution in [0.5, 0.6) is 0 Å². The Morgan fingerprint density at radius 2 is 1.86 bits per heavy atom. The van der Waals surface area contributed by atoms with Gasteiger partial charge in [-0.05, 0) is 0 Å². The number of ketones is 1. The van der Waals surface area contributed by atoms with E-state index in [1.807, 2.05) is 0 Å². The predicted molar refractivity (Wildman–Crippen MR) is 82.5 cm³/mol. The van der Waals surface area contributed by atoms with Crippen LogP contribution in [0.15, 0.2) is 30.3 Å². The molecule has 0 fully saturated rings. The van der Waals surface area contributed by atoms with E-state index in [0.717, 1.165) is 0 Å². The number of benzene rings is 1. The van der Waals surface area contributed by atoms with Gasteiger partial charge in [-0.1, -0.05) is 37.3 Å². The Kier molecular flexibility index (Phi) is 6.94. The number of nitrogens with one attached hydrogen (secondary N) is 1. The molecule has 0 aliphatic rings. The number of hydrogen-bond donors (Lipinski definition) is 2. The molecule has 0 aliphatic heterocycles. The van der Waals surface area contributed by atoms with Crippen molar-refractivity contribution in [3.63, 3.8) is 0 Å². The van der Waals surface area contributed by atoms with Gasteiger partial charge in [0.1, 0.15) is 0 Å². The molecule has 0 aromatic heterocycles. The van der Waals surface area contributed by atoms with Crippen LogP contribution in [0.2, 0.25) is 0 Å². The SMILES string of the molecule is CC(=O)NCCSC(C(=O)c1ccccc1)C(C)C(=O)O. The van der Waals surface area contributed by atoms with Crippen LogP contribution in [0.3, 0.4) is 0 Å². The summed E-state index contributed by atoms with van der Waals surface area (Å²) in [5.41, 5.74) is 0.502. The number of carboxylic acid groups (broad SMARTS) is 1. The van der Waals surface area contributed by atoms with Crippen molar-refractivity contribution in [3.8, 4) is 0 Å². The number of amides is 1. The highest BCUT2D eigenvalue weighted by atomic mass is 32.2. The zero-order valence-electron chi connectivity index (χ0n) is 12.0. The molecule has 0 radical (unpaired) electrons. The first-order valence-corrected chi connectivity index (χ1v) is 7.66. The molecule has 1 amide bonds. The van der Waals surface area contributed by atoms with Crippen LogP contribution < -0.4 is 5.32 Å². The number of rotatable bonds is 8. The zero-order valence-corrected chi connectivity index (χ0v) is 12.9. The molecule has 1 rings (SSSR count). The molecule has 6 heteroatoms. The van der Waals surface area contributed by atoms with Crippen LogP contribution in [0, 0.1) is 5.92 Å². The zero-order chi connectivity index (χ0) is 15.8. The van der Waals surface area contributed by atoms with Gasteiger partial charge in [0.25, 0.3) is 0 Å². The molecule has 5 nitrogen and oxygen atoms in total. The second-order valence-corrected chi connectivity index (χ2v) is 5.88. The Balaban J connectivity index is 2.75. The van der Waals surface area contributed by atoms with Crippen LogP contribution in [0.4, 0.5) is 0 Å². The molecule has 114 valence electrons. The van der Waals surface area contributed by atoms with Gasteiger partial charge in [-0.2, -0.15) is 0 Å². The maximum absolute atomic E-state index is 12.4. The van der Waals surface area contributed by atoms with Crippen molar-refractivity contribution in [2.24, 2.45) is 5.92 Å². The summed E-state index contributed by atoms with van der Waals surface area (Å²) in [4.78, 5) is 34.4. The van der Waals surface area contributed by atoms with E-state index in [9.17, 15) is 14.4 Å². The van der Waals surface area contributed by atoms with E-state index >= 15 is 0 Å². The summed E-state index contributed by atoms with van der Waals surface area (Å²) < 4.78 is 0. The van der Waals surface area contributed by atoms with E-state index < -0.39 is 17.1 Å². The highest BCUT2D eigenvalue weighted by Gasteiger charge is 2.30. The van der Waals surface area contributed by atoms with Gasteiger partial charge in [-0.15, -0.1) is 11.8 Å². The lowest BCUT2D eigenvalue weighted by molar-refractivity contribution is -0.140. The molecule has 0 saturated carbocycles. The topological polar surface area (TPSA) is 83.5 Å². The Labute approximate surface area is 128 Å². The van der Waals surface area contributed by atoms with Gasteiger partial charge in [-0.3, -0.25) is 14.4 Å². The molecule has 21 heavy (non-hydrogen) atoms. The highest BCUT2D eigenvalue weighted by Crippen LogP contribution is 2.24. The summed E-state index contributed by atoms with van der Waals surface area (Å²) in [7, 11) is 0. The van der Waals surface area contributed by atoms with Gasteiger partial charge in [-0.25, -0.2) is 0 Å². The molecule has 0 heterocycles. The Morgan fingerprint density at radius 3 is 2.38 bits per heavy atom. The minimum atomic E-state index is -1.00. The normalized spacial score (nSPS) is 13.2. The second kappa shape index (κ2) is 8.46. The maximum Gasteiger partial charge on any atom is 0.307 e. The predicted octanol–water partition coefficient (Wildman–Crippen LogP) is 1.83. The Hall–Kier alpha value is -1.82. The molecule has 1 aromatic rings. The van der Waals surface area contributed by atoms with Crippen molar-refractivity contribution in [1.29, 1.82) is 0 Å². The third-order valence-electron chi connectivity index (χ3n) is 2.93. The standard InChI is InChI=1S/C15H19NO4S/c1-10(15(19)20)14(21-9-8-16-11(2)17)13(18)12-6-4-3-5-7-12/h3-7,10,14H,8-9H2,1-2H3,(H,16,17)(H,19,20). The van der Waals surface area contributed by atoms with Crippen LogP contribution >= 0.6 is 11.8 Å². The van der Waals surface area contributed by atoms with Crippen LogP contribution in [0.1, 0.15) is 24.2 Å². The van der Waals surface area contributed by atoms with Crippen LogP contribution in [-0.2, 0) is 9.59 Å². The van der Waals surface area contributed by atoms with Gasteiger partial charge in [0.05, 0.1) is 11.2 Å². The van der Waals surface area contributed by atoms with E-state index in [-0.39, 0.29) is 11.7 Å². The first-order chi connectivity index (χ1) is 9.93. The summed E-state index contributed by atoms with van der Waals surface area (Å²) in [6, 6.07) is 8.66. The third kappa shape index (κ3) is 5.59. The maximum atomic E-state index is 12.4. The largest absolute Gasteiger partial charge is 0.481 e. The quantitative estimate of drug-likeness (QED) is 0.565. The van der Waals surface area contributed by atoms with Gasteiger partial charge < -0.3 is 10.4 Å². The number of carbonyl (C=O) groups excluding carboxylic acids is 2. The van der Waals surface area contributed by atoms with Gasteiger partial charge in [0, 0.05) is 24.8 Å². The fourth-order valence-electron chi connectivity index (χ4n) is 1.76.